The summed E-state index contributed by atoms with van der Waals surface area (Å²) in [6, 6.07) is 22.5. The molecule has 1 saturated carbocycles. The molecule has 6 atom stereocenters. The lowest BCUT2D eigenvalue weighted by atomic mass is 9.60. The van der Waals surface area contributed by atoms with Gasteiger partial charge in [-0.05, 0) is 198 Å². The number of carbonyl (C=O) groups is 1. The Morgan fingerprint density at radius 3 is 2.19 bits per heavy atom. The van der Waals surface area contributed by atoms with Crippen molar-refractivity contribution in [2.45, 2.75) is 73.0 Å². The molecule has 0 saturated heterocycles. The van der Waals surface area contributed by atoms with Gasteiger partial charge in [-0.2, -0.15) is 0 Å². The highest BCUT2D eigenvalue weighted by atomic mass is 16.5. The van der Waals surface area contributed by atoms with Crippen LogP contribution in [0.15, 0.2) is 54.6 Å². The van der Waals surface area contributed by atoms with Crippen LogP contribution in [-0.2, 0) is 51.5 Å². The number of hydrogen-bond acceptors (Lipinski definition) is 2. The lowest BCUT2D eigenvalue weighted by Gasteiger charge is -2.41. The van der Waals surface area contributed by atoms with E-state index in [0.29, 0.717) is 24.2 Å². The number of hydrogen-bond donors (Lipinski definition) is 0. The van der Waals surface area contributed by atoms with Gasteiger partial charge in [0.1, 0.15) is 0 Å². The van der Waals surface area contributed by atoms with Gasteiger partial charge in [0.25, 0.3) is 0 Å². The van der Waals surface area contributed by atoms with Crippen LogP contribution >= 0.6 is 0 Å². The van der Waals surface area contributed by atoms with Crippen LogP contribution < -0.4 is 5.22 Å². The Morgan fingerprint density at radius 1 is 0.660 bits per heavy atom. The van der Waals surface area contributed by atoms with Gasteiger partial charge in [-0.3, -0.25) is 4.79 Å². The first kappa shape index (κ1) is 24.9. The standard InChI is InChI=1S/C51H30O2/c1-53-29(52)8-5-9-49(27-6-3-2-4-7-27)50-28-17-25-16-24-14-20-10-19-11-22-12-21-13-23-15-26(18-28)47-42-33(23)32(21)37-34(22)36-30(19)31(20)38-35(24)43(46(25)50)45-41(38)39(36)40(37)44(42)48(45)51(47,49)50/h2-4,6-7,12,14-17,19,28,48H,5,8-11,13,18H2,1H3. The Morgan fingerprint density at radius 2 is 1.36 bits per heavy atom. The number of carbonyl (C=O) groups excluding carboxylic acids is 1. The average Bonchev–Trinajstić information content (AvgIpc) is 3.86. The summed E-state index contributed by atoms with van der Waals surface area (Å²) in [5.41, 5.74) is 18.0. The molecule has 53 heavy (non-hydrogen) atoms. The molecule has 1 fully saturated rings. The van der Waals surface area contributed by atoms with Crippen LogP contribution in [0.4, 0.5) is 0 Å². The highest BCUT2D eigenvalue weighted by molar-refractivity contribution is 6.50. The fraction of sp³-hybridized carbons (Fsp3) is 0.275. The first-order valence-corrected chi connectivity index (χ1v) is 20.3. The zero-order valence-corrected chi connectivity index (χ0v) is 29.3. The lowest BCUT2D eigenvalue weighted by molar-refractivity contribution is -0.140. The van der Waals surface area contributed by atoms with E-state index >= 15 is 0 Å². The van der Waals surface area contributed by atoms with Gasteiger partial charge < -0.3 is 4.74 Å². The SMILES string of the molecule is COC(=O)CCCC1(c2ccccc2)C23c4c5cc6cc7c8c9c%10c%11c(cc%12c%13c%14c(cc(c%15c%14c%14c(c%13%11)c%10c%10c(c4c6c8%10)C%14C%1512)CC3C=5)C%12)CC9C7. The van der Waals surface area contributed by atoms with E-state index < -0.39 is 0 Å². The molecule has 2 spiro atoms. The van der Waals surface area contributed by atoms with E-state index in [9.17, 15) is 4.79 Å². The fourth-order valence-electron chi connectivity index (χ4n) is 17.8. The van der Waals surface area contributed by atoms with Crippen LogP contribution in [0.5, 0.6) is 0 Å². The van der Waals surface area contributed by atoms with Crippen LogP contribution in [0.3, 0.4) is 0 Å². The number of methoxy groups -OCH3 is 1. The topological polar surface area (TPSA) is 26.3 Å². The third-order valence-electron chi connectivity index (χ3n) is 18.1. The molecule has 6 unspecified atom stereocenters. The molecule has 9 aromatic carbocycles. The second-order valence-corrected chi connectivity index (χ2v) is 19.0. The second kappa shape index (κ2) is 6.72. The monoisotopic (exact) mass is 674 g/mol. The molecule has 246 valence electrons. The zero-order chi connectivity index (χ0) is 33.5. The summed E-state index contributed by atoms with van der Waals surface area (Å²) in [6.45, 7) is 0. The molecule has 18 rings (SSSR count). The number of esters is 1. The average molecular weight is 675 g/mol. The van der Waals surface area contributed by atoms with Crippen molar-refractivity contribution in [3.05, 3.63) is 121 Å². The molecular formula is C51H30O2. The van der Waals surface area contributed by atoms with Crippen LogP contribution in [0, 0.1) is 5.92 Å². The van der Waals surface area contributed by atoms with E-state index in [-0.39, 0.29) is 22.2 Å². The van der Waals surface area contributed by atoms with E-state index in [1.807, 2.05) is 0 Å². The summed E-state index contributed by atoms with van der Waals surface area (Å²) < 4.78 is 5.31. The van der Waals surface area contributed by atoms with Crippen molar-refractivity contribution >= 4 is 87.5 Å². The van der Waals surface area contributed by atoms with E-state index in [1.165, 1.54) is 29.0 Å². The van der Waals surface area contributed by atoms with Crippen molar-refractivity contribution in [2.75, 3.05) is 7.11 Å². The van der Waals surface area contributed by atoms with Crippen LogP contribution in [-0.4, -0.2) is 13.1 Å². The third kappa shape index (κ3) is 1.83. The molecule has 9 aliphatic rings. The van der Waals surface area contributed by atoms with Gasteiger partial charge in [-0.25, -0.2) is 0 Å². The minimum Gasteiger partial charge on any atom is -0.469 e. The molecule has 0 radical (unpaired) electrons. The van der Waals surface area contributed by atoms with E-state index in [4.69, 9.17) is 4.74 Å². The summed E-state index contributed by atoms with van der Waals surface area (Å²) in [4.78, 5) is 12.9. The summed E-state index contributed by atoms with van der Waals surface area (Å²) in [6.07, 6.45) is 9.69. The largest absolute Gasteiger partial charge is 0.469 e. The predicted octanol–water partition coefficient (Wildman–Crippen LogP) is 9.66. The van der Waals surface area contributed by atoms with Crippen molar-refractivity contribution in [3.63, 3.8) is 0 Å². The van der Waals surface area contributed by atoms with Crippen LogP contribution in [0.2, 0.25) is 0 Å². The van der Waals surface area contributed by atoms with Gasteiger partial charge >= 0.3 is 5.97 Å². The van der Waals surface area contributed by atoms with Gasteiger partial charge in [-0.15, -0.1) is 0 Å². The molecule has 0 aromatic heterocycles. The fourth-order valence-corrected chi connectivity index (χ4v) is 17.8. The Labute approximate surface area is 303 Å². The maximum Gasteiger partial charge on any atom is 0.305 e. The molecule has 2 nitrogen and oxygen atoms in total. The van der Waals surface area contributed by atoms with Gasteiger partial charge in [0.15, 0.2) is 0 Å². The molecule has 0 aliphatic heterocycles. The van der Waals surface area contributed by atoms with Gasteiger partial charge in [-0.1, -0.05) is 54.6 Å². The molecule has 0 heterocycles. The quantitative estimate of drug-likeness (QED) is 0.134. The summed E-state index contributed by atoms with van der Waals surface area (Å²) in [5.74, 6) is 1.28. The molecule has 0 bridgehead atoms. The van der Waals surface area contributed by atoms with Crippen LogP contribution in [0.25, 0.3) is 81.5 Å². The summed E-state index contributed by atoms with van der Waals surface area (Å²) in [5, 5.41) is 24.5. The normalized spacial score (nSPS) is 30.5. The number of benzene rings is 7. The van der Waals surface area contributed by atoms with Gasteiger partial charge in [0, 0.05) is 28.6 Å². The maximum absolute atomic E-state index is 12.9. The van der Waals surface area contributed by atoms with Crippen molar-refractivity contribution < 1.29 is 9.53 Å². The molecular weight excluding hydrogens is 645 g/mol. The molecule has 0 N–H and O–H groups in total. The van der Waals surface area contributed by atoms with Crippen molar-refractivity contribution in [1.82, 2.24) is 0 Å². The highest BCUT2D eigenvalue weighted by Gasteiger charge is 2.95. The number of ether oxygens (including phenoxy) is 1. The Kier molecular flexibility index (Phi) is 3.16. The zero-order valence-electron chi connectivity index (χ0n) is 29.3. The Balaban J connectivity index is 1.19. The van der Waals surface area contributed by atoms with E-state index in [0.717, 1.165) is 25.7 Å². The van der Waals surface area contributed by atoms with Crippen molar-refractivity contribution in [2.24, 2.45) is 5.92 Å². The molecule has 0 amide bonds. The smallest absolute Gasteiger partial charge is 0.305 e. The Hall–Kier alpha value is -5.21. The lowest BCUT2D eigenvalue weighted by Crippen LogP contribution is -2.38. The molecule has 9 aromatic rings. The third-order valence-corrected chi connectivity index (χ3v) is 18.1. The van der Waals surface area contributed by atoms with Gasteiger partial charge in [0.2, 0.25) is 0 Å². The van der Waals surface area contributed by atoms with Crippen LogP contribution in [0.1, 0.15) is 92.3 Å². The van der Waals surface area contributed by atoms with E-state index in [2.05, 4.69) is 60.7 Å². The van der Waals surface area contributed by atoms with Crippen molar-refractivity contribution in [1.29, 1.82) is 0 Å². The Bertz CT molecular complexity index is 3620. The summed E-state index contributed by atoms with van der Waals surface area (Å²) in [7, 11) is 1.56. The summed E-state index contributed by atoms with van der Waals surface area (Å²) >= 11 is 0. The first-order valence-electron chi connectivity index (χ1n) is 20.3. The predicted molar refractivity (Wildman–Crippen MR) is 210 cm³/mol. The first-order chi connectivity index (χ1) is 26.1. The highest BCUT2D eigenvalue weighted by Crippen LogP contribution is 2.95. The van der Waals surface area contributed by atoms with Gasteiger partial charge in [0.05, 0.1) is 7.11 Å². The number of rotatable bonds is 5. The maximum atomic E-state index is 12.9. The molecule has 9 aliphatic carbocycles. The van der Waals surface area contributed by atoms with E-state index in [1.54, 1.807) is 133 Å². The molecule has 2 heteroatoms. The minimum atomic E-state index is -0.124. The van der Waals surface area contributed by atoms with Crippen molar-refractivity contribution in [3.8, 4) is 0 Å². The second-order valence-electron chi connectivity index (χ2n) is 19.0. The minimum absolute atomic E-state index is 0.0384.